The van der Waals surface area contributed by atoms with Gasteiger partial charge in [0.15, 0.2) is 0 Å². The third-order valence-electron chi connectivity index (χ3n) is 4.13. The molecule has 2 N–H and O–H groups in total. The first-order valence-electron chi connectivity index (χ1n) is 7.27. The summed E-state index contributed by atoms with van der Waals surface area (Å²) in [6, 6.07) is 7.73. The zero-order chi connectivity index (χ0) is 13.9. The summed E-state index contributed by atoms with van der Waals surface area (Å²) in [5, 5.41) is 4.93. The molecule has 1 aromatic heterocycles. The summed E-state index contributed by atoms with van der Waals surface area (Å²) in [6.07, 6.45) is 7.43. The maximum atomic E-state index is 6.31. The number of anilines is 1. The number of rotatable bonds is 2. The van der Waals surface area contributed by atoms with E-state index in [0.29, 0.717) is 16.8 Å². The summed E-state index contributed by atoms with van der Waals surface area (Å²) in [7, 11) is 0. The Morgan fingerprint density at radius 2 is 1.80 bits per heavy atom. The third kappa shape index (κ3) is 2.55. The van der Waals surface area contributed by atoms with Crippen LogP contribution in [0.5, 0.6) is 0 Å². The van der Waals surface area contributed by atoms with E-state index in [2.05, 4.69) is 5.16 Å². The number of aromatic nitrogens is 1. The molecule has 1 fully saturated rings. The van der Waals surface area contributed by atoms with Gasteiger partial charge in [-0.25, -0.2) is 0 Å². The van der Waals surface area contributed by atoms with E-state index >= 15 is 0 Å². The van der Waals surface area contributed by atoms with E-state index < -0.39 is 0 Å². The zero-order valence-electron chi connectivity index (χ0n) is 11.4. The van der Waals surface area contributed by atoms with Crippen molar-refractivity contribution in [2.24, 2.45) is 0 Å². The maximum absolute atomic E-state index is 6.31. The molecule has 0 unspecified atom stereocenters. The second-order valence-corrected chi connectivity index (χ2v) is 5.88. The van der Waals surface area contributed by atoms with Gasteiger partial charge < -0.3 is 10.3 Å². The number of nitrogen functional groups attached to an aromatic ring is 1. The van der Waals surface area contributed by atoms with Gasteiger partial charge in [0.2, 0.25) is 5.88 Å². The molecule has 1 heterocycles. The third-order valence-corrected chi connectivity index (χ3v) is 4.46. The van der Waals surface area contributed by atoms with Crippen molar-refractivity contribution in [3.05, 3.63) is 35.0 Å². The van der Waals surface area contributed by atoms with E-state index in [1.165, 1.54) is 25.7 Å². The fourth-order valence-electron chi connectivity index (χ4n) is 3.08. The van der Waals surface area contributed by atoms with Crippen LogP contribution in [0.3, 0.4) is 0 Å². The van der Waals surface area contributed by atoms with Crippen LogP contribution in [0.25, 0.3) is 11.1 Å². The molecule has 1 aliphatic carbocycles. The Labute approximate surface area is 124 Å². The van der Waals surface area contributed by atoms with Gasteiger partial charge in [0.1, 0.15) is 0 Å². The van der Waals surface area contributed by atoms with E-state index in [9.17, 15) is 0 Å². The number of hydrogen-bond acceptors (Lipinski definition) is 3. The molecular formula is C16H19ClN2O. The molecule has 0 spiro atoms. The Morgan fingerprint density at radius 3 is 2.50 bits per heavy atom. The van der Waals surface area contributed by atoms with Crippen molar-refractivity contribution < 1.29 is 4.52 Å². The Morgan fingerprint density at radius 1 is 1.10 bits per heavy atom. The lowest BCUT2D eigenvalue weighted by molar-refractivity contribution is 0.413. The zero-order valence-corrected chi connectivity index (χ0v) is 12.2. The number of halogens is 1. The van der Waals surface area contributed by atoms with Crippen molar-refractivity contribution in [2.45, 2.75) is 44.4 Å². The lowest BCUT2D eigenvalue weighted by Gasteiger charge is -2.13. The van der Waals surface area contributed by atoms with Crippen molar-refractivity contribution in [3.63, 3.8) is 0 Å². The Hall–Kier alpha value is -1.48. The molecule has 4 heteroatoms. The molecule has 20 heavy (non-hydrogen) atoms. The SMILES string of the molecule is Nc1onc(C2CCCCCC2)c1-c1ccccc1Cl. The molecule has 2 aromatic rings. The molecule has 0 atom stereocenters. The number of hydrogen-bond donors (Lipinski definition) is 1. The van der Waals surface area contributed by atoms with Crippen LogP contribution in [0.15, 0.2) is 28.8 Å². The largest absolute Gasteiger partial charge is 0.367 e. The summed E-state index contributed by atoms with van der Waals surface area (Å²) in [4.78, 5) is 0. The van der Waals surface area contributed by atoms with Gasteiger partial charge in [0.25, 0.3) is 0 Å². The molecular weight excluding hydrogens is 272 g/mol. The Kier molecular flexibility index (Phi) is 3.97. The first-order valence-corrected chi connectivity index (χ1v) is 7.65. The monoisotopic (exact) mass is 290 g/mol. The van der Waals surface area contributed by atoms with Crippen molar-refractivity contribution in [2.75, 3.05) is 5.73 Å². The van der Waals surface area contributed by atoms with Gasteiger partial charge in [-0.05, 0) is 18.9 Å². The molecule has 0 amide bonds. The Balaban J connectivity index is 2.03. The molecule has 106 valence electrons. The molecule has 0 aliphatic heterocycles. The summed E-state index contributed by atoms with van der Waals surface area (Å²) in [6.45, 7) is 0. The highest BCUT2D eigenvalue weighted by atomic mass is 35.5. The van der Waals surface area contributed by atoms with E-state index in [1.807, 2.05) is 24.3 Å². The van der Waals surface area contributed by atoms with Crippen LogP contribution in [-0.2, 0) is 0 Å². The highest BCUT2D eigenvalue weighted by Crippen LogP contribution is 2.41. The first-order chi connectivity index (χ1) is 9.77. The van der Waals surface area contributed by atoms with Gasteiger partial charge in [-0.15, -0.1) is 0 Å². The van der Waals surface area contributed by atoms with Gasteiger partial charge in [0, 0.05) is 16.5 Å². The summed E-state index contributed by atoms with van der Waals surface area (Å²) in [5.74, 6) is 0.808. The van der Waals surface area contributed by atoms with Gasteiger partial charge >= 0.3 is 0 Å². The smallest absolute Gasteiger partial charge is 0.230 e. The van der Waals surface area contributed by atoms with Crippen LogP contribution in [-0.4, -0.2) is 5.16 Å². The standard InChI is InChI=1S/C16H19ClN2O/c17-13-10-6-5-9-12(13)14-15(19-20-16(14)18)11-7-3-1-2-4-8-11/h5-6,9-11H,1-4,7-8,18H2. The van der Waals surface area contributed by atoms with Crippen molar-refractivity contribution in [3.8, 4) is 11.1 Å². The molecule has 3 nitrogen and oxygen atoms in total. The van der Waals surface area contributed by atoms with Gasteiger partial charge in [-0.3, -0.25) is 0 Å². The fraction of sp³-hybridized carbons (Fsp3) is 0.438. The molecule has 1 aliphatic rings. The maximum Gasteiger partial charge on any atom is 0.230 e. The predicted octanol–water partition coefficient (Wildman–Crippen LogP) is 5.02. The summed E-state index contributed by atoms with van der Waals surface area (Å²) in [5.41, 5.74) is 8.80. The highest BCUT2D eigenvalue weighted by Gasteiger charge is 2.25. The molecule has 1 saturated carbocycles. The van der Waals surface area contributed by atoms with Crippen LogP contribution in [0, 0.1) is 0 Å². The summed E-state index contributed by atoms with van der Waals surface area (Å²) < 4.78 is 5.27. The summed E-state index contributed by atoms with van der Waals surface area (Å²) >= 11 is 6.31. The minimum atomic E-state index is 0.373. The number of nitrogens with zero attached hydrogens (tertiary/aromatic N) is 1. The lowest BCUT2D eigenvalue weighted by Crippen LogP contribution is -2.00. The quantitative estimate of drug-likeness (QED) is 0.791. The molecule has 3 rings (SSSR count). The van der Waals surface area contributed by atoms with Crippen LogP contribution < -0.4 is 5.73 Å². The van der Waals surface area contributed by atoms with Gasteiger partial charge in [-0.2, -0.15) is 0 Å². The van der Waals surface area contributed by atoms with Crippen LogP contribution in [0.2, 0.25) is 5.02 Å². The molecule has 0 radical (unpaired) electrons. The molecule has 0 bridgehead atoms. The fourth-order valence-corrected chi connectivity index (χ4v) is 3.31. The molecule has 1 aromatic carbocycles. The minimum Gasteiger partial charge on any atom is -0.367 e. The Bertz CT molecular complexity index is 586. The van der Waals surface area contributed by atoms with Crippen molar-refractivity contribution in [1.82, 2.24) is 5.16 Å². The van der Waals surface area contributed by atoms with Crippen LogP contribution in [0.1, 0.15) is 50.1 Å². The average molecular weight is 291 g/mol. The first kappa shape index (κ1) is 13.5. The van der Waals surface area contributed by atoms with E-state index in [1.54, 1.807) is 0 Å². The van der Waals surface area contributed by atoms with Crippen LogP contribution >= 0.6 is 11.6 Å². The second kappa shape index (κ2) is 5.88. The van der Waals surface area contributed by atoms with Gasteiger partial charge in [0.05, 0.1) is 11.3 Å². The van der Waals surface area contributed by atoms with E-state index in [4.69, 9.17) is 21.9 Å². The van der Waals surface area contributed by atoms with Gasteiger partial charge in [-0.1, -0.05) is 60.6 Å². The van der Waals surface area contributed by atoms with Crippen molar-refractivity contribution in [1.29, 1.82) is 0 Å². The van der Waals surface area contributed by atoms with Crippen LogP contribution in [0.4, 0.5) is 5.88 Å². The topological polar surface area (TPSA) is 52.0 Å². The second-order valence-electron chi connectivity index (χ2n) is 5.48. The van der Waals surface area contributed by atoms with E-state index in [0.717, 1.165) is 29.7 Å². The average Bonchev–Trinajstić information content (AvgIpc) is 2.67. The normalized spacial score (nSPS) is 17.1. The van der Waals surface area contributed by atoms with Crippen molar-refractivity contribution >= 4 is 17.5 Å². The number of benzene rings is 1. The predicted molar refractivity (Wildman–Crippen MR) is 81.8 cm³/mol. The minimum absolute atomic E-state index is 0.373. The van der Waals surface area contributed by atoms with E-state index in [-0.39, 0.29) is 0 Å². The highest BCUT2D eigenvalue weighted by molar-refractivity contribution is 6.33. The molecule has 0 saturated heterocycles. The number of nitrogens with two attached hydrogens (primary N) is 1. The lowest BCUT2D eigenvalue weighted by atomic mass is 9.91.